The van der Waals surface area contributed by atoms with Crippen molar-refractivity contribution in [3.05, 3.63) is 22.5 Å². The number of halogens is 1. The molecule has 3 rings (SSSR count). The van der Waals surface area contributed by atoms with E-state index in [9.17, 15) is 24.7 Å². The van der Waals surface area contributed by atoms with Gasteiger partial charge in [-0.1, -0.05) is 4.98 Å². The molecule has 2 fully saturated rings. The Kier molecular flexibility index (Phi) is 2.25. The Morgan fingerprint density at radius 1 is 1.58 bits per heavy atom. The molecule has 11 heteroatoms. The molecule has 2 saturated heterocycles. The van der Waals surface area contributed by atoms with Crippen LogP contribution in [-0.2, 0) is 9.47 Å². The third-order valence-electron chi connectivity index (χ3n) is 3.09. The topological polar surface area (TPSA) is 143 Å². The maximum atomic E-state index is 12.9. The summed E-state index contributed by atoms with van der Waals surface area (Å²) < 4.78 is 23.1. The highest BCUT2D eigenvalue weighted by atomic mass is 19.1. The lowest BCUT2D eigenvalue weighted by molar-refractivity contribution is -0.399. The predicted molar refractivity (Wildman–Crippen MR) is 50.9 cm³/mol. The van der Waals surface area contributed by atoms with E-state index in [0.717, 1.165) is 17.0 Å². The van der Waals surface area contributed by atoms with Gasteiger partial charge in [-0.25, -0.2) is 4.39 Å². The summed E-state index contributed by atoms with van der Waals surface area (Å²) in [6, 6.07) is 0. The van der Waals surface area contributed by atoms with E-state index < -0.39 is 41.1 Å². The number of imidazole rings is 1. The van der Waals surface area contributed by atoms with E-state index >= 15 is 0 Å². The zero-order valence-corrected chi connectivity index (χ0v) is 9.08. The molecule has 19 heavy (non-hydrogen) atoms. The Morgan fingerprint density at radius 3 is 2.79 bits per heavy atom. The summed E-state index contributed by atoms with van der Waals surface area (Å²) in [6.07, 6.45) is -3.96. The van der Waals surface area contributed by atoms with E-state index in [4.69, 9.17) is 9.84 Å². The lowest BCUT2D eigenvalue weighted by Crippen LogP contribution is -2.38. The van der Waals surface area contributed by atoms with Crippen molar-refractivity contribution in [3.8, 4) is 0 Å². The van der Waals surface area contributed by atoms with Gasteiger partial charge in [-0.2, -0.15) is 4.57 Å². The highest BCUT2D eigenvalue weighted by Crippen LogP contribution is 2.61. The van der Waals surface area contributed by atoms with Crippen molar-refractivity contribution in [2.75, 3.05) is 0 Å². The number of rotatable bonds is 3. The maximum Gasteiger partial charge on any atom is 0.436 e. The molecule has 1 unspecified atom stereocenters. The van der Waals surface area contributed by atoms with Crippen LogP contribution in [-0.4, -0.2) is 53.8 Å². The molecular weight excluding hydrogens is 269 g/mol. The molecule has 0 spiro atoms. The fourth-order valence-electron chi connectivity index (χ4n) is 2.16. The van der Waals surface area contributed by atoms with Crippen LogP contribution in [0.4, 0.5) is 10.3 Å². The molecule has 3 N–H and O–H groups in total. The van der Waals surface area contributed by atoms with Crippen molar-refractivity contribution >= 4 is 5.95 Å². The maximum absolute atomic E-state index is 12.9. The zero-order chi connectivity index (χ0) is 14.0. The fourth-order valence-corrected chi connectivity index (χ4v) is 2.16. The van der Waals surface area contributed by atoms with Crippen LogP contribution in [0.25, 0.3) is 0 Å². The lowest BCUT2D eigenvalue weighted by atomic mass is 10.1. The Hall–Kier alpha value is -1.66. The number of aromatic nitrogens is 2. The van der Waals surface area contributed by atoms with Crippen LogP contribution < -0.4 is 0 Å². The van der Waals surface area contributed by atoms with Crippen molar-refractivity contribution in [1.29, 1.82) is 0 Å². The highest BCUT2D eigenvalue weighted by molar-refractivity contribution is 5.19. The van der Waals surface area contributed by atoms with Crippen LogP contribution >= 0.6 is 0 Å². The summed E-state index contributed by atoms with van der Waals surface area (Å²) in [7, 11) is 0. The number of alkyl halides is 1. The number of aliphatic hydroxyl groups is 3. The standard InChI is InChI=1S/C8H8FN3O7/c9-4(13)3-7(14)8(15,19-7)5(18-3)11-2-1-10-6(11)12(16)17/h1-5,13-15H/t3-,4?,5-,7+,8-/m1/s1. The molecule has 0 amide bonds. The van der Waals surface area contributed by atoms with Gasteiger partial charge < -0.3 is 30.2 Å². The largest absolute Gasteiger partial charge is 0.436 e. The van der Waals surface area contributed by atoms with Gasteiger partial charge >= 0.3 is 5.95 Å². The molecule has 10 nitrogen and oxygen atoms in total. The first kappa shape index (κ1) is 12.4. The van der Waals surface area contributed by atoms with Crippen LogP contribution in [0.2, 0.25) is 0 Å². The van der Waals surface area contributed by atoms with E-state index in [2.05, 4.69) is 9.72 Å². The summed E-state index contributed by atoms with van der Waals surface area (Å²) in [5.41, 5.74) is 0. The van der Waals surface area contributed by atoms with Crippen molar-refractivity contribution < 1.29 is 34.1 Å². The monoisotopic (exact) mass is 277 g/mol. The van der Waals surface area contributed by atoms with Gasteiger partial charge in [0.25, 0.3) is 11.6 Å². The molecule has 3 heterocycles. The second-order valence-corrected chi connectivity index (χ2v) is 4.17. The van der Waals surface area contributed by atoms with Crippen LogP contribution in [0, 0.1) is 10.1 Å². The quantitative estimate of drug-likeness (QED) is 0.340. The van der Waals surface area contributed by atoms with E-state index in [-0.39, 0.29) is 0 Å². The van der Waals surface area contributed by atoms with Gasteiger partial charge in [-0.15, -0.1) is 0 Å². The number of aliphatic hydroxyl groups excluding tert-OH is 1. The molecular formula is C8H8FN3O7. The smallest absolute Gasteiger partial charge is 0.390 e. The van der Waals surface area contributed by atoms with Crippen molar-refractivity contribution in [2.24, 2.45) is 0 Å². The van der Waals surface area contributed by atoms with Crippen LogP contribution in [0.1, 0.15) is 6.23 Å². The SMILES string of the molecule is O=[N+]([O-])c1nccn1[C@@H]1O[C@H](C(O)F)[C@]2(O)O[C@]12O. The van der Waals surface area contributed by atoms with Gasteiger partial charge in [0, 0.05) is 0 Å². The Morgan fingerprint density at radius 2 is 2.26 bits per heavy atom. The Bertz CT molecular complexity index is 550. The van der Waals surface area contributed by atoms with Crippen LogP contribution in [0.5, 0.6) is 0 Å². The van der Waals surface area contributed by atoms with Crippen molar-refractivity contribution in [2.45, 2.75) is 30.3 Å². The molecule has 0 bridgehead atoms. The number of hydrogen-bond acceptors (Lipinski definition) is 8. The van der Waals surface area contributed by atoms with Crippen molar-refractivity contribution in [1.82, 2.24) is 9.55 Å². The Labute approximate surface area is 103 Å². The van der Waals surface area contributed by atoms with Crippen LogP contribution in [0.15, 0.2) is 12.4 Å². The highest BCUT2D eigenvalue weighted by Gasteiger charge is 2.87. The Balaban J connectivity index is 1.99. The van der Waals surface area contributed by atoms with Gasteiger partial charge in [-0.05, 0) is 4.92 Å². The number of nitro groups is 1. The first-order chi connectivity index (χ1) is 8.81. The number of fused-ring (bicyclic) bond motifs is 1. The van der Waals surface area contributed by atoms with Crippen LogP contribution in [0.3, 0.4) is 0 Å². The lowest BCUT2D eigenvalue weighted by Gasteiger charge is -2.18. The van der Waals surface area contributed by atoms with E-state index in [0.29, 0.717) is 0 Å². The van der Waals surface area contributed by atoms with E-state index in [1.54, 1.807) is 0 Å². The zero-order valence-electron chi connectivity index (χ0n) is 9.08. The molecule has 2 aliphatic heterocycles. The first-order valence-corrected chi connectivity index (χ1v) is 5.11. The van der Waals surface area contributed by atoms with Gasteiger partial charge in [-0.3, -0.25) is 4.74 Å². The number of nitrogens with zero attached hydrogens (tertiary/aromatic N) is 3. The predicted octanol–water partition coefficient (Wildman–Crippen LogP) is -1.62. The normalized spacial score (nSPS) is 41.9. The minimum atomic E-state index is -2.63. The molecule has 0 aromatic carbocycles. The first-order valence-electron chi connectivity index (χ1n) is 5.11. The average Bonchev–Trinajstić information content (AvgIpc) is 2.66. The summed E-state index contributed by atoms with van der Waals surface area (Å²) in [6.45, 7) is 0. The fraction of sp³-hybridized carbons (Fsp3) is 0.625. The minimum Gasteiger partial charge on any atom is -0.390 e. The summed E-state index contributed by atoms with van der Waals surface area (Å²) in [4.78, 5) is 13.3. The average molecular weight is 277 g/mol. The molecule has 1 aromatic rings. The minimum absolute atomic E-state index is 0.690. The third kappa shape index (κ3) is 1.38. The van der Waals surface area contributed by atoms with E-state index in [1.165, 1.54) is 0 Å². The second kappa shape index (κ2) is 3.46. The van der Waals surface area contributed by atoms with Gasteiger partial charge in [0.1, 0.15) is 12.4 Å². The van der Waals surface area contributed by atoms with Gasteiger partial charge in [0.05, 0.1) is 0 Å². The van der Waals surface area contributed by atoms with Crippen molar-refractivity contribution in [3.63, 3.8) is 0 Å². The van der Waals surface area contributed by atoms with E-state index in [1.807, 2.05) is 0 Å². The summed E-state index contributed by atoms with van der Waals surface area (Å²) in [5.74, 6) is -5.52. The molecule has 0 saturated carbocycles. The molecule has 104 valence electrons. The number of epoxide rings is 1. The summed E-state index contributed by atoms with van der Waals surface area (Å²) >= 11 is 0. The van der Waals surface area contributed by atoms with Gasteiger partial charge in [0.2, 0.25) is 12.6 Å². The third-order valence-corrected chi connectivity index (χ3v) is 3.09. The summed E-state index contributed by atoms with van der Waals surface area (Å²) in [5, 5.41) is 39.2. The molecule has 0 radical (unpaired) electrons. The number of ether oxygens (including phenoxy) is 2. The molecule has 0 aliphatic carbocycles. The van der Waals surface area contributed by atoms with Gasteiger partial charge in [0.15, 0.2) is 6.10 Å². The number of hydrogen-bond donors (Lipinski definition) is 3. The molecule has 5 atom stereocenters. The molecule has 1 aromatic heterocycles. The second-order valence-electron chi connectivity index (χ2n) is 4.17. The molecule has 2 aliphatic rings.